The Balaban J connectivity index is 2.07. The van der Waals surface area contributed by atoms with E-state index in [-0.39, 0.29) is 0 Å². The molecule has 0 N–H and O–H groups in total. The summed E-state index contributed by atoms with van der Waals surface area (Å²) in [6.45, 7) is 7.66. The highest BCUT2D eigenvalue weighted by molar-refractivity contribution is 6.93. The fraction of sp³-hybridized carbons (Fsp3) is 0.600. The normalized spacial score (nSPS) is 29.4. The van der Waals surface area contributed by atoms with Crippen molar-refractivity contribution in [1.82, 2.24) is 0 Å². The Morgan fingerprint density at radius 1 is 1.18 bits per heavy atom. The minimum Gasteiger partial charge on any atom is -0.372 e. The third kappa shape index (κ3) is 1.20. The second kappa shape index (κ2) is 3.17. The fourth-order valence-corrected chi connectivity index (χ4v) is 8.65. The second-order valence-electron chi connectivity index (χ2n) is 6.46. The molecule has 0 radical (unpaired) electrons. The van der Waals surface area contributed by atoms with Crippen LogP contribution in [0.25, 0.3) is 0 Å². The first-order valence-corrected chi connectivity index (χ1v) is 10.0. The standard InChI is InChI=1S/C15H21NSi/c1-11-10-12-4-3-6-16-7-9-17(2)8-5-13(11)15(17)14(12)16/h10H,3-9H2,1-2H3. The highest BCUT2D eigenvalue weighted by Crippen LogP contribution is 2.41. The van der Waals surface area contributed by atoms with Crippen LogP contribution in [-0.2, 0) is 12.8 Å². The maximum absolute atomic E-state index is 2.71. The van der Waals surface area contributed by atoms with E-state index < -0.39 is 8.07 Å². The molecule has 2 heteroatoms. The topological polar surface area (TPSA) is 3.24 Å². The van der Waals surface area contributed by atoms with Gasteiger partial charge in [-0.2, -0.15) is 0 Å². The average molecular weight is 243 g/mol. The monoisotopic (exact) mass is 243 g/mol. The van der Waals surface area contributed by atoms with Crippen LogP contribution in [-0.4, -0.2) is 21.2 Å². The molecule has 1 unspecified atom stereocenters. The summed E-state index contributed by atoms with van der Waals surface area (Å²) in [4.78, 5) is 2.71. The molecule has 3 aliphatic heterocycles. The van der Waals surface area contributed by atoms with Crippen molar-refractivity contribution in [3.8, 4) is 0 Å². The minimum absolute atomic E-state index is 1.07. The van der Waals surface area contributed by atoms with E-state index >= 15 is 0 Å². The van der Waals surface area contributed by atoms with Gasteiger partial charge in [0.15, 0.2) is 0 Å². The van der Waals surface area contributed by atoms with E-state index in [2.05, 4.69) is 24.4 Å². The zero-order valence-corrected chi connectivity index (χ0v) is 12.0. The summed E-state index contributed by atoms with van der Waals surface area (Å²) in [5.74, 6) is 0. The SMILES string of the molecule is Cc1cc2c3c4c1CC[Si]4(C)CCN3CCC2. The maximum Gasteiger partial charge on any atom is 0.0888 e. The molecule has 3 heterocycles. The van der Waals surface area contributed by atoms with Crippen LogP contribution >= 0.6 is 0 Å². The molecular formula is C15H21NSi. The van der Waals surface area contributed by atoms with E-state index in [1.807, 2.05) is 5.19 Å². The molecule has 0 bridgehead atoms. The smallest absolute Gasteiger partial charge is 0.0888 e. The van der Waals surface area contributed by atoms with Crippen molar-refractivity contribution in [2.75, 3.05) is 18.0 Å². The number of anilines is 1. The van der Waals surface area contributed by atoms with Gasteiger partial charge < -0.3 is 4.90 Å². The molecule has 1 aromatic rings. The third-order valence-electron chi connectivity index (χ3n) is 5.36. The predicted molar refractivity (Wildman–Crippen MR) is 76.3 cm³/mol. The van der Waals surface area contributed by atoms with Crippen molar-refractivity contribution in [2.45, 2.75) is 44.8 Å². The number of hydrogen-bond acceptors (Lipinski definition) is 1. The van der Waals surface area contributed by atoms with E-state index in [9.17, 15) is 0 Å². The maximum atomic E-state index is 2.71. The molecule has 17 heavy (non-hydrogen) atoms. The van der Waals surface area contributed by atoms with Crippen molar-refractivity contribution in [2.24, 2.45) is 0 Å². The first kappa shape index (κ1) is 10.2. The number of hydrogen-bond donors (Lipinski definition) is 0. The van der Waals surface area contributed by atoms with Crippen LogP contribution in [0, 0.1) is 6.92 Å². The molecule has 0 aromatic heterocycles. The van der Waals surface area contributed by atoms with Crippen LogP contribution in [0.15, 0.2) is 6.07 Å². The summed E-state index contributed by atoms with van der Waals surface area (Å²) in [6, 6.07) is 5.54. The van der Waals surface area contributed by atoms with Gasteiger partial charge in [0, 0.05) is 18.8 Å². The molecule has 0 spiro atoms. The molecular weight excluding hydrogens is 222 g/mol. The summed E-state index contributed by atoms with van der Waals surface area (Å²) >= 11 is 0. The van der Waals surface area contributed by atoms with Crippen LogP contribution in [0.3, 0.4) is 0 Å². The van der Waals surface area contributed by atoms with Gasteiger partial charge in [-0.05, 0) is 60.2 Å². The van der Waals surface area contributed by atoms with Crippen LogP contribution in [0.5, 0.6) is 0 Å². The lowest BCUT2D eigenvalue weighted by molar-refractivity contribution is 0.701. The zero-order chi connectivity index (χ0) is 11.6. The van der Waals surface area contributed by atoms with Crippen LogP contribution in [0.2, 0.25) is 18.6 Å². The molecule has 0 amide bonds. The van der Waals surface area contributed by atoms with Crippen molar-refractivity contribution in [3.05, 3.63) is 22.8 Å². The molecule has 0 saturated heterocycles. The van der Waals surface area contributed by atoms with Crippen molar-refractivity contribution in [3.63, 3.8) is 0 Å². The zero-order valence-electron chi connectivity index (χ0n) is 11.0. The van der Waals surface area contributed by atoms with Crippen molar-refractivity contribution >= 4 is 18.9 Å². The van der Waals surface area contributed by atoms with Crippen LogP contribution < -0.4 is 10.1 Å². The Morgan fingerprint density at radius 2 is 2.06 bits per heavy atom. The van der Waals surface area contributed by atoms with Gasteiger partial charge >= 0.3 is 0 Å². The first-order chi connectivity index (χ1) is 8.19. The Morgan fingerprint density at radius 3 is 2.94 bits per heavy atom. The van der Waals surface area contributed by atoms with Gasteiger partial charge in [0.1, 0.15) is 0 Å². The van der Waals surface area contributed by atoms with Gasteiger partial charge in [0.2, 0.25) is 0 Å². The Bertz CT molecular complexity index is 508. The Labute approximate surface area is 105 Å². The number of nitrogens with zero attached hydrogens (tertiary/aromatic N) is 1. The summed E-state index contributed by atoms with van der Waals surface area (Å²) < 4.78 is 0. The van der Waals surface area contributed by atoms with E-state index in [0.29, 0.717) is 0 Å². The summed E-state index contributed by atoms with van der Waals surface area (Å²) in [5.41, 5.74) is 6.74. The third-order valence-corrected chi connectivity index (χ3v) is 9.79. The summed E-state index contributed by atoms with van der Waals surface area (Å²) in [6.07, 6.45) is 4.07. The highest BCUT2D eigenvalue weighted by atomic mass is 28.3. The quantitative estimate of drug-likeness (QED) is 0.633. The first-order valence-electron chi connectivity index (χ1n) is 7.10. The molecule has 1 nitrogen and oxygen atoms in total. The van der Waals surface area contributed by atoms with Crippen molar-refractivity contribution in [1.29, 1.82) is 0 Å². The lowest BCUT2D eigenvalue weighted by atomic mass is 9.95. The van der Waals surface area contributed by atoms with E-state index in [1.165, 1.54) is 44.4 Å². The van der Waals surface area contributed by atoms with Gasteiger partial charge in [-0.25, -0.2) is 0 Å². The Hall–Kier alpha value is -0.763. The molecule has 0 saturated carbocycles. The van der Waals surface area contributed by atoms with Gasteiger partial charge in [0.25, 0.3) is 0 Å². The summed E-state index contributed by atoms with van der Waals surface area (Å²) in [5, 5.41) is 1.89. The van der Waals surface area contributed by atoms with Crippen LogP contribution in [0.1, 0.15) is 23.1 Å². The Kier molecular flexibility index (Phi) is 1.90. The molecule has 3 aliphatic rings. The van der Waals surface area contributed by atoms with Crippen molar-refractivity contribution < 1.29 is 0 Å². The van der Waals surface area contributed by atoms with Crippen LogP contribution in [0.4, 0.5) is 5.69 Å². The highest BCUT2D eigenvalue weighted by Gasteiger charge is 2.44. The van der Waals surface area contributed by atoms with E-state index in [1.54, 1.807) is 22.4 Å². The summed E-state index contributed by atoms with van der Waals surface area (Å²) in [7, 11) is -1.07. The lowest BCUT2D eigenvalue weighted by Gasteiger charge is -2.43. The fourth-order valence-electron chi connectivity index (χ4n) is 4.39. The molecule has 4 rings (SSSR count). The van der Waals surface area contributed by atoms with Gasteiger partial charge in [-0.1, -0.05) is 12.6 Å². The number of aryl methyl sites for hydroxylation is 2. The van der Waals surface area contributed by atoms with E-state index in [0.717, 1.165) is 0 Å². The molecule has 1 atom stereocenters. The van der Waals surface area contributed by atoms with Gasteiger partial charge in [-0.3, -0.25) is 0 Å². The lowest BCUT2D eigenvalue weighted by Crippen LogP contribution is -2.53. The van der Waals surface area contributed by atoms with Gasteiger partial charge in [0.05, 0.1) is 8.07 Å². The molecule has 0 aliphatic carbocycles. The second-order valence-corrected chi connectivity index (χ2v) is 11.1. The molecule has 1 aromatic carbocycles. The molecule has 0 fully saturated rings. The largest absolute Gasteiger partial charge is 0.372 e. The average Bonchev–Trinajstić information content (AvgIpc) is 2.68. The van der Waals surface area contributed by atoms with E-state index in [4.69, 9.17) is 0 Å². The number of rotatable bonds is 0. The minimum atomic E-state index is -1.07. The predicted octanol–water partition coefficient (Wildman–Crippen LogP) is 2.60. The van der Waals surface area contributed by atoms with Gasteiger partial charge in [-0.15, -0.1) is 0 Å². The molecule has 90 valence electrons. The number of benzene rings is 1.